The normalized spacial score (nSPS) is 12.5. The van der Waals surface area contributed by atoms with Crippen molar-refractivity contribution in [3.8, 4) is 0 Å². The molecular weight excluding hydrogens is 434 g/mol. The summed E-state index contributed by atoms with van der Waals surface area (Å²) in [6, 6.07) is -1.48. The van der Waals surface area contributed by atoms with Crippen LogP contribution in [0.3, 0.4) is 0 Å². The highest BCUT2D eigenvalue weighted by Gasteiger charge is 2.39. The fourth-order valence-corrected chi connectivity index (χ4v) is 1.79. The van der Waals surface area contributed by atoms with E-state index >= 15 is 0 Å². The van der Waals surface area contributed by atoms with Crippen molar-refractivity contribution in [3.63, 3.8) is 0 Å². The van der Waals surface area contributed by atoms with Crippen molar-refractivity contribution in [2.75, 3.05) is 19.6 Å². The van der Waals surface area contributed by atoms with Crippen LogP contribution in [0.2, 0.25) is 0 Å². The molecule has 0 heterocycles. The summed E-state index contributed by atoms with van der Waals surface area (Å²) in [5.41, 5.74) is 0. The maximum Gasteiger partial charge on any atom is 0.471 e. The van der Waals surface area contributed by atoms with E-state index in [-0.39, 0.29) is 25.8 Å². The molecule has 0 aliphatic heterocycles. The largest absolute Gasteiger partial charge is 0.480 e. The standard InChI is InChI=1S/C14H18F6N4O6/c15-13(16,17)11(29)22-5-8(25)21-4-2-1-3-7(10(27)28)24-9(26)6-23-12(30)14(18,19)20/h7H,1-6H2,(H,21,25)(H,22,29)(H,23,30)(H,24,26)(H,27,28). The number of rotatable bonds is 11. The summed E-state index contributed by atoms with van der Waals surface area (Å²) >= 11 is 0. The minimum atomic E-state index is -5.20. The van der Waals surface area contributed by atoms with E-state index in [1.54, 1.807) is 0 Å². The third-order valence-corrected chi connectivity index (χ3v) is 3.21. The van der Waals surface area contributed by atoms with Crippen molar-refractivity contribution in [3.05, 3.63) is 0 Å². The summed E-state index contributed by atoms with van der Waals surface area (Å²) in [5.74, 6) is -8.25. The first-order chi connectivity index (χ1) is 13.6. The Hall–Kier alpha value is -3.07. The summed E-state index contributed by atoms with van der Waals surface area (Å²) in [6.07, 6.45) is -10.3. The molecule has 0 aliphatic carbocycles. The molecule has 10 nitrogen and oxygen atoms in total. The van der Waals surface area contributed by atoms with Gasteiger partial charge in [-0.3, -0.25) is 19.2 Å². The number of unbranched alkanes of at least 4 members (excludes halogenated alkanes) is 1. The molecule has 1 atom stereocenters. The Morgan fingerprint density at radius 1 is 0.733 bits per heavy atom. The van der Waals surface area contributed by atoms with E-state index in [2.05, 4.69) is 5.32 Å². The maximum absolute atomic E-state index is 12.0. The average molecular weight is 452 g/mol. The molecule has 0 saturated heterocycles. The minimum Gasteiger partial charge on any atom is -0.480 e. The van der Waals surface area contributed by atoms with Gasteiger partial charge in [-0.15, -0.1) is 0 Å². The van der Waals surface area contributed by atoms with Crippen LogP contribution in [0.1, 0.15) is 19.3 Å². The maximum atomic E-state index is 12.0. The van der Waals surface area contributed by atoms with Crippen molar-refractivity contribution in [2.24, 2.45) is 0 Å². The van der Waals surface area contributed by atoms with E-state index in [0.717, 1.165) is 0 Å². The van der Waals surface area contributed by atoms with E-state index in [9.17, 15) is 50.3 Å². The van der Waals surface area contributed by atoms with Gasteiger partial charge in [0.1, 0.15) is 6.04 Å². The molecule has 0 aliphatic rings. The number of carboxylic acids is 1. The number of carboxylic acid groups (broad SMARTS) is 1. The van der Waals surface area contributed by atoms with Crippen LogP contribution in [-0.4, -0.2) is 72.7 Å². The van der Waals surface area contributed by atoms with Crippen molar-refractivity contribution in [1.82, 2.24) is 21.3 Å². The average Bonchev–Trinajstić information content (AvgIpc) is 2.60. The first kappa shape index (κ1) is 26.9. The molecule has 1 unspecified atom stereocenters. The van der Waals surface area contributed by atoms with Gasteiger partial charge in [0, 0.05) is 6.54 Å². The molecule has 0 aromatic rings. The Bertz CT molecular complexity index is 652. The number of carbonyl (C=O) groups excluding carboxylic acids is 4. The van der Waals surface area contributed by atoms with Crippen molar-refractivity contribution in [1.29, 1.82) is 0 Å². The van der Waals surface area contributed by atoms with E-state index in [1.165, 1.54) is 10.6 Å². The van der Waals surface area contributed by atoms with E-state index in [4.69, 9.17) is 5.11 Å². The number of carbonyl (C=O) groups is 5. The number of halogens is 6. The smallest absolute Gasteiger partial charge is 0.471 e. The van der Waals surface area contributed by atoms with Gasteiger partial charge in [-0.1, -0.05) is 0 Å². The summed E-state index contributed by atoms with van der Waals surface area (Å²) in [7, 11) is 0. The number of hydrogen-bond donors (Lipinski definition) is 5. The lowest BCUT2D eigenvalue weighted by atomic mass is 10.1. The first-order valence-electron chi connectivity index (χ1n) is 8.13. The number of amides is 4. The monoisotopic (exact) mass is 452 g/mol. The Kier molecular flexibility index (Phi) is 10.6. The second-order valence-corrected chi connectivity index (χ2v) is 5.66. The molecule has 0 radical (unpaired) electrons. The fraction of sp³-hybridized carbons (Fsp3) is 0.643. The van der Waals surface area contributed by atoms with Crippen molar-refractivity contribution < 1.29 is 55.4 Å². The topological polar surface area (TPSA) is 154 Å². The van der Waals surface area contributed by atoms with Crippen LogP contribution in [0, 0.1) is 0 Å². The zero-order valence-corrected chi connectivity index (χ0v) is 15.1. The van der Waals surface area contributed by atoms with E-state index in [0.29, 0.717) is 0 Å². The molecule has 5 N–H and O–H groups in total. The quantitative estimate of drug-likeness (QED) is 0.204. The second kappa shape index (κ2) is 11.8. The van der Waals surface area contributed by atoms with Crippen molar-refractivity contribution >= 4 is 29.6 Å². The lowest BCUT2D eigenvalue weighted by Crippen LogP contribution is -2.47. The van der Waals surface area contributed by atoms with Crippen LogP contribution < -0.4 is 21.3 Å². The fourth-order valence-electron chi connectivity index (χ4n) is 1.79. The first-order valence-corrected chi connectivity index (χ1v) is 8.13. The molecular formula is C14H18F6N4O6. The molecule has 30 heavy (non-hydrogen) atoms. The number of nitrogens with one attached hydrogen (secondary N) is 4. The Labute approximate surface area is 164 Å². The van der Waals surface area contributed by atoms with Crippen LogP contribution in [0.15, 0.2) is 0 Å². The third-order valence-electron chi connectivity index (χ3n) is 3.21. The molecule has 16 heteroatoms. The van der Waals surface area contributed by atoms with Crippen LogP contribution in [0.4, 0.5) is 26.3 Å². The third kappa shape index (κ3) is 11.7. The zero-order chi connectivity index (χ0) is 23.5. The predicted octanol–water partition coefficient (Wildman–Crippen LogP) is -0.801. The summed E-state index contributed by atoms with van der Waals surface area (Å²) in [4.78, 5) is 54.8. The van der Waals surface area contributed by atoms with Gasteiger partial charge in [-0.25, -0.2) is 4.79 Å². The molecule has 0 fully saturated rings. The van der Waals surface area contributed by atoms with Crippen LogP contribution in [-0.2, 0) is 24.0 Å². The summed E-state index contributed by atoms with van der Waals surface area (Å²) in [5, 5.41) is 15.7. The molecule has 0 aromatic heterocycles. The highest BCUT2D eigenvalue weighted by atomic mass is 19.4. The lowest BCUT2D eigenvalue weighted by Gasteiger charge is -2.15. The number of aliphatic carboxylic acids is 1. The molecule has 0 bridgehead atoms. The van der Waals surface area contributed by atoms with Gasteiger partial charge in [0.25, 0.3) is 0 Å². The Morgan fingerprint density at radius 2 is 1.20 bits per heavy atom. The second-order valence-electron chi connectivity index (χ2n) is 5.66. The Morgan fingerprint density at radius 3 is 1.63 bits per heavy atom. The van der Waals surface area contributed by atoms with E-state index < -0.39 is 61.1 Å². The molecule has 0 rings (SSSR count). The summed E-state index contributed by atoms with van der Waals surface area (Å²) in [6.45, 7) is -2.10. The number of hydrogen-bond acceptors (Lipinski definition) is 5. The predicted molar refractivity (Wildman–Crippen MR) is 84.6 cm³/mol. The van der Waals surface area contributed by atoms with E-state index in [1.807, 2.05) is 5.32 Å². The SMILES string of the molecule is O=C(CNC(=O)C(F)(F)F)NCCCCC(NC(=O)CNC(=O)C(F)(F)F)C(=O)O. The van der Waals surface area contributed by atoms with Gasteiger partial charge in [0.05, 0.1) is 13.1 Å². The van der Waals surface area contributed by atoms with Crippen LogP contribution in [0.5, 0.6) is 0 Å². The molecule has 172 valence electrons. The molecule has 0 aromatic carbocycles. The molecule has 4 amide bonds. The molecule has 0 spiro atoms. The number of alkyl halides is 6. The van der Waals surface area contributed by atoms with Gasteiger partial charge >= 0.3 is 30.1 Å². The lowest BCUT2D eigenvalue weighted by molar-refractivity contribution is -0.173. The molecule has 0 saturated carbocycles. The highest BCUT2D eigenvalue weighted by molar-refractivity contribution is 5.89. The van der Waals surface area contributed by atoms with Crippen LogP contribution in [0.25, 0.3) is 0 Å². The van der Waals surface area contributed by atoms with Crippen LogP contribution >= 0.6 is 0 Å². The van der Waals surface area contributed by atoms with Gasteiger partial charge in [-0.2, -0.15) is 26.3 Å². The minimum absolute atomic E-state index is 0.0807. The van der Waals surface area contributed by atoms with Gasteiger partial charge in [0.2, 0.25) is 11.8 Å². The van der Waals surface area contributed by atoms with Gasteiger partial charge in [-0.05, 0) is 19.3 Å². The zero-order valence-electron chi connectivity index (χ0n) is 15.1. The van der Waals surface area contributed by atoms with Gasteiger partial charge in [0.15, 0.2) is 0 Å². The highest BCUT2D eigenvalue weighted by Crippen LogP contribution is 2.14. The Balaban J connectivity index is 4.16. The summed E-state index contributed by atoms with van der Waals surface area (Å²) < 4.78 is 71.8. The van der Waals surface area contributed by atoms with Crippen molar-refractivity contribution in [2.45, 2.75) is 37.7 Å². The van der Waals surface area contributed by atoms with Gasteiger partial charge < -0.3 is 26.4 Å².